The quantitative estimate of drug-likeness (QED) is 0.688. The number of sulfonamides is 1. The molecule has 1 unspecified atom stereocenters. The molecular weight excluding hydrogens is 264 g/mol. The van der Waals surface area contributed by atoms with Crippen molar-refractivity contribution in [2.75, 3.05) is 13.1 Å². The Bertz CT molecular complexity index is 418. The van der Waals surface area contributed by atoms with Gasteiger partial charge in [-0.2, -0.15) is 0 Å². The van der Waals surface area contributed by atoms with Crippen molar-refractivity contribution >= 4 is 15.9 Å². The number of amides is 1. The lowest BCUT2D eigenvalue weighted by atomic mass is 10.1. The van der Waals surface area contributed by atoms with Crippen LogP contribution in [0.2, 0.25) is 0 Å². The summed E-state index contributed by atoms with van der Waals surface area (Å²) in [6, 6.07) is 0.360. The van der Waals surface area contributed by atoms with Gasteiger partial charge < -0.3 is 5.32 Å². The maximum atomic E-state index is 11.8. The molecule has 0 aliphatic carbocycles. The highest BCUT2D eigenvalue weighted by molar-refractivity contribution is 7.94. The predicted octanol–water partition coefficient (Wildman–Crippen LogP) is 1.50. The fraction of sp³-hybridized carbons (Fsp3) is 0.923. The van der Waals surface area contributed by atoms with Crippen molar-refractivity contribution in [1.82, 2.24) is 9.62 Å². The first-order valence-corrected chi connectivity index (χ1v) is 8.49. The molecule has 1 amide bonds. The second-order valence-corrected chi connectivity index (χ2v) is 8.16. The van der Waals surface area contributed by atoms with Crippen molar-refractivity contribution in [2.24, 2.45) is 0 Å². The highest BCUT2D eigenvalue weighted by Crippen LogP contribution is 2.34. The minimum absolute atomic E-state index is 0.239. The first-order valence-electron chi connectivity index (χ1n) is 7.05. The van der Waals surface area contributed by atoms with Gasteiger partial charge in [-0.05, 0) is 27.2 Å². The summed E-state index contributed by atoms with van der Waals surface area (Å²) >= 11 is 0. The highest BCUT2D eigenvalue weighted by atomic mass is 32.2. The molecule has 1 rings (SSSR count). The summed E-state index contributed by atoms with van der Waals surface area (Å²) in [4.78, 5) is 11.7. The van der Waals surface area contributed by atoms with Gasteiger partial charge in [-0.15, -0.1) is 0 Å². The van der Waals surface area contributed by atoms with Crippen LogP contribution in [-0.4, -0.2) is 42.5 Å². The van der Waals surface area contributed by atoms with Gasteiger partial charge in [-0.3, -0.25) is 4.79 Å². The van der Waals surface area contributed by atoms with E-state index in [2.05, 4.69) is 19.2 Å². The summed E-state index contributed by atoms with van der Waals surface area (Å²) in [6.07, 6.45) is 4.68. The van der Waals surface area contributed by atoms with Crippen LogP contribution in [0.25, 0.3) is 0 Å². The largest absolute Gasteiger partial charge is 0.312 e. The molecule has 0 aromatic rings. The lowest BCUT2D eigenvalue weighted by molar-refractivity contribution is -0.132. The summed E-state index contributed by atoms with van der Waals surface area (Å²) in [6.45, 7) is 7.94. The predicted molar refractivity (Wildman–Crippen MR) is 76.3 cm³/mol. The molecule has 19 heavy (non-hydrogen) atoms. The normalized spacial score (nSPS) is 22.1. The zero-order valence-corrected chi connectivity index (χ0v) is 13.2. The molecule has 112 valence electrons. The Balaban J connectivity index is 2.30. The molecule has 1 aliphatic heterocycles. The summed E-state index contributed by atoms with van der Waals surface area (Å²) in [5.74, 6) is -0.298. The minimum atomic E-state index is -3.42. The Kier molecular flexibility index (Phi) is 5.38. The molecule has 5 nitrogen and oxygen atoms in total. The van der Waals surface area contributed by atoms with Crippen LogP contribution in [0.5, 0.6) is 0 Å². The van der Waals surface area contributed by atoms with Crippen LogP contribution < -0.4 is 5.32 Å². The molecule has 1 atom stereocenters. The monoisotopic (exact) mass is 290 g/mol. The van der Waals surface area contributed by atoms with Gasteiger partial charge in [0, 0.05) is 19.1 Å². The van der Waals surface area contributed by atoms with Crippen LogP contribution >= 0.6 is 0 Å². The third-order valence-corrected chi connectivity index (χ3v) is 6.12. The average molecular weight is 290 g/mol. The number of hydrogen-bond acceptors (Lipinski definition) is 4. The summed E-state index contributed by atoms with van der Waals surface area (Å²) < 4.78 is 23.4. The maximum absolute atomic E-state index is 11.8. The van der Waals surface area contributed by atoms with Crippen LogP contribution in [0.15, 0.2) is 0 Å². The van der Waals surface area contributed by atoms with Crippen LogP contribution in [0.3, 0.4) is 0 Å². The Hall–Kier alpha value is -0.620. The van der Waals surface area contributed by atoms with Crippen molar-refractivity contribution in [1.29, 1.82) is 0 Å². The standard InChI is InChI=1S/C13H26N2O3S/c1-5-6-7-8-11(2)14-9-10-15-12(16)13(3,4)19(15,17)18/h11,14H,5-10H2,1-4H3. The Morgan fingerprint density at radius 3 is 2.47 bits per heavy atom. The smallest absolute Gasteiger partial charge is 0.258 e. The van der Waals surface area contributed by atoms with Gasteiger partial charge in [-0.1, -0.05) is 26.2 Å². The second kappa shape index (κ2) is 6.22. The molecule has 1 saturated heterocycles. The zero-order chi connectivity index (χ0) is 14.7. The van der Waals surface area contributed by atoms with Crippen LogP contribution in [0.1, 0.15) is 53.4 Å². The van der Waals surface area contributed by atoms with Crippen LogP contribution in [-0.2, 0) is 14.8 Å². The molecule has 1 aliphatic rings. The van der Waals surface area contributed by atoms with Gasteiger partial charge in [0.2, 0.25) is 0 Å². The number of unbranched alkanes of at least 4 members (excludes halogenated alkanes) is 2. The second-order valence-electron chi connectivity index (χ2n) is 5.74. The molecule has 6 heteroatoms. The SMILES string of the molecule is CCCCCC(C)NCCN1C(=O)C(C)(C)S1(=O)=O. The van der Waals surface area contributed by atoms with Gasteiger partial charge in [0.15, 0.2) is 4.75 Å². The first kappa shape index (κ1) is 16.4. The summed E-state index contributed by atoms with van der Waals surface area (Å²) in [7, 11) is -3.42. The van der Waals surface area contributed by atoms with Crippen LogP contribution in [0.4, 0.5) is 0 Å². The number of hydrogen-bond donors (Lipinski definition) is 1. The van der Waals surface area contributed by atoms with Gasteiger partial charge in [0.05, 0.1) is 0 Å². The van der Waals surface area contributed by atoms with E-state index in [9.17, 15) is 13.2 Å². The topological polar surface area (TPSA) is 66.5 Å². The Labute approximate surface area is 116 Å². The number of nitrogens with zero attached hydrogens (tertiary/aromatic N) is 1. The summed E-state index contributed by atoms with van der Waals surface area (Å²) in [5, 5.41) is 3.27. The Morgan fingerprint density at radius 1 is 1.32 bits per heavy atom. The molecule has 0 aromatic heterocycles. The van der Waals surface area contributed by atoms with E-state index >= 15 is 0 Å². The van der Waals surface area contributed by atoms with E-state index in [1.54, 1.807) is 0 Å². The minimum Gasteiger partial charge on any atom is -0.312 e. The van der Waals surface area contributed by atoms with E-state index < -0.39 is 14.8 Å². The molecule has 0 saturated carbocycles. The van der Waals surface area contributed by atoms with E-state index in [4.69, 9.17) is 0 Å². The van der Waals surface area contributed by atoms with Crippen molar-refractivity contribution < 1.29 is 13.2 Å². The van der Waals surface area contributed by atoms with Crippen molar-refractivity contribution in [3.63, 3.8) is 0 Å². The fourth-order valence-corrected chi connectivity index (χ4v) is 3.72. The maximum Gasteiger partial charge on any atom is 0.258 e. The molecule has 0 aromatic carbocycles. The fourth-order valence-electron chi connectivity index (χ4n) is 2.19. The number of carbonyl (C=O) groups is 1. The summed E-state index contributed by atoms with van der Waals surface area (Å²) in [5.41, 5.74) is 0. The molecular formula is C13H26N2O3S. The lowest BCUT2D eigenvalue weighted by Gasteiger charge is -2.43. The number of carbonyl (C=O) groups excluding carboxylic acids is 1. The van der Waals surface area contributed by atoms with E-state index in [1.165, 1.54) is 33.1 Å². The van der Waals surface area contributed by atoms with Crippen LogP contribution in [0, 0.1) is 0 Å². The van der Waals surface area contributed by atoms with Gasteiger partial charge in [0.25, 0.3) is 15.9 Å². The van der Waals surface area contributed by atoms with Crippen molar-refractivity contribution in [3.05, 3.63) is 0 Å². The van der Waals surface area contributed by atoms with E-state index in [0.717, 1.165) is 10.7 Å². The Morgan fingerprint density at radius 2 is 1.95 bits per heavy atom. The molecule has 1 heterocycles. The molecule has 1 fully saturated rings. The molecule has 0 bridgehead atoms. The third kappa shape index (κ3) is 3.28. The molecule has 0 spiro atoms. The third-order valence-electron chi connectivity index (χ3n) is 3.72. The van der Waals surface area contributed by atoms with Crippen molar-refractivity contribution in [2.45, 2.75) is 64.2 Å². The number of nitrogens with one attached hydrogen (secondary N) is 1. The first-order chi connectivity index (χ1) is 8.75. The zero-order valence-electron chi connectivity index (χ0n) is 12.4. The lowest BCUT2D eigenvalue weighted by Crippen LogP contribution is -2.68. The van der Waals surface area contributed by atoms with E-state index in [1.807, 2.05) is 0 Å². The van der Waals surface area contributed by atoms with Gasteiger partial charge in [-0.25, -0.2) is 12.7 Å². The van der Waals surface area contributed by atoms with Crippen molar-refractivity contribution in [3.8, 4) is 0 Å². The van der Waals surface area contributed by atoms with E-state index in [0.29, 0.717) is 12.6 Å². The van der Waals surface area contributed by atoms with E-state index in [-0.39, 0.29) is 12.5 Å². The highest BCUT2D eigenvalue weighted by Gasteiger charge is 2.59. The van der Waals surface area contributed by atoms with Gasteiger partial charge in [0.1, 0.15) is 0 Å². The average Bonchev–Trinajstić information content (AvgIpc) is 2.33. The van der Waals surface area contributed by atoms with Gasteiger partial charge >= 0.3 is 0 Å². The molecule has 0 radical (unpaired) electrons. The molecule has 1 N–H and O–H groups in total. The number of rotatable bonds is 8.